The normalized spacial score (nSPS) is 11.7. The zero-order valence-corrected chi connectivity index (χ0v) is 13.7. The van der Waals surface area contributed by atoms with E-state index in [0.717, 1.165) is 18.3 Å². The van der Waals surface area contributed by atoms with Crippen LogP contribution in [-0.4, -0.2) is 16.7 Å². The summed E-state index contributed by atoms with van der Waals surface area (Å²) in [6.07, 6.45) is -1.71. The van der Waals surface area contributed by atoms with Gasteiger partial charge in [0.2, 0.25) is 0 Å². The summed E-state index contributed by atoms with van der Waals surface area (Å²) in [5.41, 5.74) is 2.47. The molecule has 0 aliphatic heterocycles. The third-order valence-electron chi connectivity index (χ3n) is 3.68. The van der Waals surface area contributed by atoms with Gasteiger partial charge in [0, 0.05) is 11.9 Å². The Bertz CT molecular complexity index is 975. The highest BCUT2D eigenvalue weighted by molar-refractivity contribution is 5.94. The van der Waals surface area contributed by atoms with Gasteiger partial charge in [-0.15, -0.1) is 0 Å². The Morgan fingerprint density at radius 3 is 2.48 bits per heavy atom. The van der Waals surface area contributed by atoms with E-state index in [1.165, 1.54) is 41.0 Å². The molecule has 0 bridgehead atoms. The molecule has 1 N–H and O–H groups in total. The van der Waals surface area contributed by atoms with Crippen LogP contribution in [0.3, 0.4) is 0 Å². The number of carbonyl (C=O) groups is 1. The first kappa shape index (κ1) is 18.4. The lowest BCUT2D eigenvalue weighted by molar-refractivity contribution is -0.137. The maximum absolute atomic E-state index is 13.0. The average Bonchev–Trinajstić information content (AvgIpc) is 3.12. The molecule has 0 aliphatic rings. The number of benzene rings is 2. The van der Waals surface area contributed by atoms with Crippen molar-refractivity contribution in [3.63, 3.8) is 0 Å². The van der Waals surface area contributed by atoms with Crippen LogP contribution in [0, 0.1) is 5.82 Å². The van der Waals surface area contributed by atoms with E-state index < -0.39 is 23.5 Å². The molecular formula is C19H13F4N3O. The SMILES string of the molecule is O=C(N/N=C/c1cccc(C(F)(F)F)c1)c1cccn1-c1ccc(F)cc1. The van der Waals surface area contributed by atoms with Crippen LogP contribution in [-0.2, 0) is 6.18 Å². The minimum atomic E-state index is -4.46. The summed E-state index contributed by atoms with van der Waals surface area (Å²) in [7, 11) is 0. The van der Waals surface area contributed by atoms with E-state index in [0.29, 0.717) is 5.69 Å². The molecule has 0 spiro atoms. The first-order valence-corrected chi connectivity index (χ1v) is 7.78. The zero-order valence-electron chi connectivity index (χ0n) is 13.7. The fourth-order valence-electron chi connectivity index (χ4n) is 2.41. The minimum absolute atomic E-state index is 0.194. The van der Waals surface area contributed by atoms with Crippen LogP contribution < -0.4 is 5.43 Å². The molecule has 8 heteroatoms. The van der Waals surface area contributed by atoms with Crippen LogP contribution in [0.5, 0.6) is 0 Å². The average molecular weight is 375 g/mol. The smallest absolute Gasteiger partial charge is 0.312 e. The van der Waals surface area contributed by atoms with E-state index in [4.69, 9.17) is 0 Å². The number of hydrogen-bond acceptors (Lipinski definition) is 2. The standard InChI is InChI=1S/C19H13F4N3O/c20-15-6-8-16(9-7-15)26-10-2-5-17(26)18(27)25-24-12-13-3-1-4-14(11-13)19(21,22)23/h1-12H,(H,25,27)/b24-12+. The topological polar surface area (TPSA) is 46.4 Å². The van der Waals surface area contributed by atoms with Gasteiger partial charge in [0.1, 0.15) is 11.5 Å². The molecule has 1 heterocycles. The quantitative estimate of drug-likeness (QED) is 0.410. The number of nitrogens with one attached hydrogen (secondary N) is 1. The number of hydrazone groups is 1. The summed E-state index contributed by atoms with van der Waals surface area (Å²) in [5, 5.41) is 3.70. The molecule has 1 aromatic heterocycles. The van der Waals surface area contributed by atoms with Crippen LogP contribution in [0.15, 0.2) is 72.0 Å². The molecule has 2 aromatic carbocycles. The Kier molecular flexibility index (Phi) is 5.07. The highest BCUT2D eigenvalue weighted by atomic mass is 19.4. The van der Waals surface area contributed by atoms with E-state index in [1.807, 2.05) is 0 Å². The Hall–Kier alpha value is -3.42. The van der Waals surface area contributed by atoms with Gasteiger partial charge in [0.25, 0.3) is 5.91 Å². The van der Waals surface area contributed by atoms with Crippen molar-refractivity contribution in [2.45, 2.75) is 6.18 Å². The molecule has 0 aliphatic carbocycles. The fourth-order valence-corrected chi connectivity index (χ4v) is 2.41. The summed E-state index contributed by atoms with van der Waals surface area (Å²) in [6.45, 7) is 0. The molecule has 3 rings (SSSR count). The van der Waals surface area contributed by atoms with E-state index >= 15 is 0 Å². The van der Waals surface area contributed by atoms with Crippen LogP contribution in [0.25, 0.3) is 5.69 Å². The van der Waals surface area contributed by atoms with Crippen molar-refractivity contribution in [2.75, 3.05) is 0 Å². The molecule has 3 aromatic rings. The van der Waals surface area contributed by atoms with Gasteiger partial charge in [-0.25, -0.2) is 9.82 Å². The van der Waals surface area contributed by atoms with Crippen molar-refractivity contribution >= 4 is 12.1 Å². The summed E-state index contributed by atoms with van der Waals surface area (Å²) in [6, 6.07) is 13.3. The molecule has 138 valence electrons. The molecule has 1 amide bonds. The number of rotatable bonds is 4. The number of nitrogens with zero attached hydrogens (tertiary/aromatic N) is 2. The van der Waals surface area contributed by atoms with Crippen molar-refractivity contribution < 1.29 is 22.4 Å². The van der Waals surface area contributed by atoms with Gasteiger partial charge >= 0.3 is 6.18 Å². The van der Waals surface area contributed by atoms with Gasteiger partial charge in [-0.1, -0.05) is 12.1 Å². The van der Waals surface area contributed by atoms with Gasteiger partial charge in [-0.2, -0.15) is 18.3 Å². The van der Waals surface area contributed by atoms with E-state index in [2.05, 4.69) is 10.5 Å². The second-order valence-electron chi connectivity index (χ2n) is 5.56. The Morgan fingerprint density at radius 2 is 1.78 bits per heavy atom. The number of carbonyl (C=O) groups excluding carboxylic acids is 1. The molecule has 0 atom stereocenters. The number of halogens is 4. The van der Waals surface area contributed by atoms with Gasteiger partial charge in [-0.3, -0.25) is 4.79 Å². The molecule has 0 saturated carbocycles. The van der Waals surface area contributed by atoms with Crippen molar-refractivity contribution in [1.29, 1.82) is 0 Å². The number of aromatic nitrogens is 1. The predicted octanol–water partition coefficient (Wildman–Crippen LogP) is 4.40. The van der Waals surface area contributed by atoms with Crippen molar-refractivity contribution in [3.8, 4) is 5.69 Å². The van der Waals surface area contributed by atoms with Crippen LogP contribution in [0.4, 0.5) is 17.6 Å². The lowest BCUT2D eigenvalue weighted by atomic mass is 10.1. The van der Waals surface area contributed by atoms with E-state index in [1.54, 1.807) is 18.3 Å². The molecule has 0 unspecified atom stereocenters. The molecule has 0 fully saturated rings. The zero-order chi connectivity index (χ0) is 19.4. The van der Waals surface area contributed by atoms with Gasteiger partial charge in [0.15, 0.2) is 0 Å². The number of hydrogen-bond donors (Lipinski definition) is 1. The second kappa shape index (κ2) is 7.45. The number of amides is 1. The van der Waals surface area contributed by atoms with Crippen LogP contribution in [0.2, 0.25) is 0 Å². The van der Waals surface area contributed by atoms with E-state index in [9.17, 15) is 22.4 Å². The van der Waals surface area contributed by atoms with Gasteiger partial charge < -0.3 is 4.57 Å². The highest BCUT2D eigenvalue weighted by Gasteiger charge is 2.30. The summed E-state index contributed by atoms with van der Waals surface area (Å²) in [5.74, 6) is -0.963. The minimum Gasteiger partial charge on any atom is -0.312 e. The molecule has 0 saturated heterocycles. The summed E-state index contributed by atoms with van der Waals surface area (Å²) >= 11 is 0. The first-order valence-electron chi connectivity index (χ1n) is 7.78. The van der Waals surface area contributed by atoms with E-state index in [-0.39, 0.29) is 11.3 Å². The summed E-state index contributed by atoms with van der Waals surface area (Å²) in [4.78, 5) is 12.3. The third kappa shape index (κ3) is 4.41. The first-order chi connectivity index (χ1) is 12.8. The van der Waals surface area contributed by atoms with Gasteiger partial charge in [0.05, 0.1) is 11.8 Å². The lowest BCUT2D eigenvalue weighted by Gasteiger charge is -2.08. The third-order valence-corrected chi connectivity index (χ3v) is 3.68. The Labute approximate surface area is 151 Å². The van der Waals surface area contributed by atoms with Crippen molar-refractivity contribution in [3.05, 3.63) is 89.5 Å². The van der Waals surface area contributed by atoms with Crippen molar-refractivity contribution in [1.82, 2.24) is 9.99 Å². The molecular weight excluding hydrogens is 362 g/mol. The fraction of sp³-hybridized carbons (Fsp3) is 0.0526. The number of alkyl halides is 3. The van der Waals surface area contributed by atoms with Crippen molar-refractivity contribution in [2.24, 2.45) is 5.10 Å². The van der Waals surface area contributed by atoms with Crippen LogP contribution in [0.1, 0.15) is 21.6 Å². The van der Waals surface area contributed by atoms with Gasteiger partial charge in [-0.05, 0) is 54.1 Å². The largest absolute Gasteiger partial charge is 0.416 e. The molecule has 4 nitrogen and oxygen atoms in total. The Morgan fingerprint density at radius 1 is 1.04 bits per heavy atom. The second-order valence-corrected chi connectivity index (χ2v) is 5.56. The highest BCUT2D eigenvalue weighted by Crippen LogP contribution is 2.29. The van der Waals surface area contributed by atoms with Crippen LogP contribution >= 0.6 is 0 Å². The Balaban J connectivity index is 1.73. The molecule has 27 heavy (non-hydrogen) atoms. The molecule has 0 radical (unpaired) electrons. The maximum Gasteiger partial charge on any atom is 0.416 e. The lowest BCUT2D eigenvalue weighted by Crippen LogP contribution is -2.20. The maximum atomic E-state index is 13.0. The predicted molar refractivity (Wildman–Crippen MR) is 92.2 cm³/mol. The summed E-state index contributed by atoms with van der Waals surface area (Å²) < 4.78 is 52.7. The monoisotopic (exact) mass is 375 g/mol.